The van der Waals surface area contributed by atoms with Gasteiger partial charge in [0.15, 0.2) is 17.2 Å². The Balaban J connectivity index is 1.53. The second-order valence-corrected chi connectivity index (χ2v) is 6.02. The molecule has 0 fully saturated rings. The molecule has 2 aromatic carbocycles. The normalized spacial score (nSPS) is 13.1. The van der Waals surface area contributed by atoms with Crippen molar-refractivity contribution in [3.05, 3.63) is 71.0 Å². The van der Waals surface area contributed by atoms with Gasteiger partial charge in [0, 0.05) is 0 Å². The van der Waals surface area contributed by atoms with Crippen molar-refractivity contribution in [1.29, 1.82) is 0 Å². The molecule has 7 heteroatoms. The van der Waals surface area contributed by atoms with E-state index in [1.165, 1.54) is 6.08 Å². The topological polar surface area (TPSA) is 66.2 Å². The van der Waals surface area contributed by atoms with E-state index >= 15 is 0 Å². The van der Waals surface area contributed by atoms with E-state index < -0.39 is 0 Å². The van der Waals surface area contributed by atoms with Crippen LogP contribution >= 0.6 is 11.6 Å². The number of allylic oxidation sites excluding steroid dienone is 1. The van der Waals surface area contributed by atoms with Crippen molar-refractivity contribution in [2.75, 3.05) is 13.2 Å². The van der Waals surface area contributed by atoms with E-state index in [2.05, 4.69) is 10.3 Å². The van der Waals surface area contributed by atoms with Crippen molar-refractivity contribution in [1.82, 2.24) is 15.0 Å². The fraction of sp³-hybridized carbons (Fsp3) is 0.105. The van der Waals surface area contributed by atoms with Gasteiger partial charge < -0.3 is 9.47 Å². The van der Waals surface area contributed by atoms with Crippen molar-refractivity contribution in [3.8, 4) is 17.2 Å². The standard InChI is InChI=1S/C19H14ClN3O3/c20-15-10-13(11-18-19(15)26-9-8-25-18)6-7-17(24)16-12-23(22-21-16)14-4-2-1-3-5-14/h1-7,10-12H,8-9H2/b7-6+. The average Bonchev–Trinajstić information content (AvgIpc) is 3.17. The molecule has 0 saturated heterocycles. The highest BCUT2D eigenvalue weighted by molar-refractivity contribution is 6.32. The Kier molecular flexibility index (Phi) is 4.41. The third-order valence-corrected chi connectivity index (χ3v) is 4.09. The van der Waals surface area contributed by atoms with Crippen LogP contribution in [0.4, 0.5) is 0 Å². The van der Waals surface area contributed by atoms with Crippen LogP contribution in [0.15, 0.2) is 54.7 Å². The first-order chi connectivity index (χ1) is 12.7. The van der Waals surface area contributed by atoms with Crippen molar-refractivity contribution in [2.45, 2.75) is 0 Å². The number of para-hydroxylation sites is 1. The second-order valence-electron chi connectivity index (χ2n) is 5.61. The second kappa shape index (κ2) is 7.01. The average molecular weight is 368 g/mol. The molecule has 4 rings (SSSR count). The molecule has 0 amide bonds. The van der Waals surface area contributed by atoms with E-state index in [4.69, 9.17) is 21.1 Å². The minimum absolute atomic E-state index is 0.252. The molecule has 2 heterocycles. The number of ether oxygens (including phenoxy) is 2. The SMILES string of the molecule is O=C(/C=C/c1cc(Cl)c2c(c1)OCCO2)c1cn(-c2ccccc2)nn1. The maximum atomic E-state index is 12.3. The molecule has 0 aliphatic carbocycles. The van der Waals surface area contributed by atoms with Crippen LogP contribution in [0.5, 0.6) is 11.5 Å². The number of halogens is 1. The number of hydrogen-bond acceptors (Lipinski definition) is 5. The third kappa shape index (κ3) is 3.32. The number of rotatable bonds is 4. The molecule has 26 heavy (non-hydrogen) atoms. The quantitative estimate of drug-likeness (QED) is 0.520. The van der Waals surface area contributed by atoms with Crippen molar-refractivity contribution >= 4 is 23.5 Å². The number of ketones is 1. The van der Waals surface area contributed by atoms with Crippen LogP contribution < -0.4 is 9.47 Å². The summed E-state index contributed by atoms with van der Waals surface area (Å²) in [5, 5.41) is 8.37. The zero-order chi connectivity index (χ0) is 17.9. The van der Waals surface area contributed by atoms with Crippen LogP contribution in [0.2, 0.25) is 5.02 Å². The summed E-state index contributed by atoms with van der Waals surface area (Å²) in [7, 11) is 0. The fourth-order valence-corrected chi connectivity index (χ4v) is 2.84. The number of nitrogens with zero attached hydrogens (tertiary/aromatic N) is 3. The first-order valence-corrected chi connectivity index (χ1v) is 8.38. The number of carbonyl (C=O) groups excluding carboxylic acids is 1. The molecule has 1 aliphatic heterocycles. The molecule has 0 radical (unpaired) electrons. The Morgan fingerprint density at radius 1 is 1.15 bits per heavy atom. The Morgan fingerprint density at radius 2 is 1.96 bits per heavy atom. The summed E-state index contributed by atoms with van der Waals surface area (Å²) >= 11 is 6.20. The summed E-state index contributed by atoms with van der Waals surface area (Å²) in [6.07, 6.45) is 4.69. The Morgan fingerprint density at radius 3 is 2.81 bits per heavy atom. The van der Waals surface area contributed by atoms with E-state index in [1.807, 2.05) is 30.3 Å². The lowest BCUT2D eigenvalue weighted by atomic mass is 10.1. The van der Waals surface area contributed by atoms with Gasteiger partial charge in [-0.25, -0.2) is 4.68 Å². The van der Waals surface area contributed by atoms with Crippen LogP contribution in [-0.2, 0) is 0 Å². The molecule has 1 aliphatic rings. The van der Waals surface area contributed by atoms with Gasteiger partial charge in [-0.1, -0.05) is 41.1 Å². The molecule has 0 unspecified atom stereocenters. The molecule has 1 aromatic heterocycles. The largest absolute Gasteiger partial charge is 0.486 e. The number of carbonyl (C=O) groups is 1. The van der Waals surface area contributed by atoms with Gasteiger partial charge in [-0.2, -0.15) is 0 Å². The van der Waals surface area contributed by atoms with Gasteiger partial charge in [-0.15, -0.1) is 5.10 Å². The highest BCUT2D eigenvalue weighted by Crippen LogP contribution is 2.38. The minimum atomic E-state index is -0.252. The Bertz CT molecular complexity index is 983. The van der Waals surface area contributed by atoms with E-state index in [-0.39, 0.29) is 11.5 Å². The lowest BCUT2D eigenvalue weighted by Gasteiger charge is -2.19. The van der Waals surface area contributed by atoms with Gasteiger partial charge in [0.2, 0.25) is 5.78 Å². The molecular weight excluding hydrogens is 354 g/mol. The fourth-order valence-electron chi connectivity index (χ4n) is 2.57. The smallest absolute Gasteiger partial charge is 0.207 e. The molecule has 0 saturated carbocycles. The zero-order valence-electron chi connectivity index (χ0n) is 13.6. The predicted molar refractivity (Wildman–Crippen MR) is 97.2 cm³/mol. The maximum Gasteiger partial charge on any atom is 0.207 e. The van der Waals surface area contributed by atoms with Gasteiger partial charge in [0.1, 0.15) is 13.2 Å². The minimum Gasteiger partial charge on any atom is -0.486 e. The molecule has 0 N–H and O–H groups in total. The highest BCUT2D eigenvalue weighted by Gasteiger charge is 2.16. The van der Waals surface area contributed by atoms with Crippen molar-refractivity contribution in [3.63, 3.8) is 0 Å². The summed E-state index contributed by atoms with van der Waals surface area (Å²) in [5.74, 6) is 0.858. The maximum absolute atomic E-state index is 12.3. The van der Waals surface area contributed by atoms with Crippen LogP contribution in [0, 0.1) is 0 Å². The number of hydrogen-bond donors (Lipinski definition) is 0. The molecule has 6 nitrogen and oxygen atoms in total. The van der Waals surface area contributed by atoms with Crippen LogP contribution in [-0.4, -0.2) is 34.0 Å². The van der Waals surface area contributed by atoms with Crippen molar-refractivity contribution < 1.29 is 14.3 Å². The first-order valence-electron chi connectivity index (χ1n) is 8.00. The van der Waals surface area contributed by atoms with E-state index in [9.17, 15) is 4.79 Å². The van der Waals surface area contributed by atoms with E-state index in [0.717, 1.165) is 11.3 Å². The lowest BCUT2D eigenvalue weighted by Crippen LogP contribution is -2.15. The summed E-state index contributed by atoms with van der Waals surface area (Å²) in [6, 6.07) is 13.0. The molecule has 3 aromatic rings. The molecular formula is C19H14ClN3O3. The van der Waals surface area contributed by atoms with Crippen LogP contribution in [0.1, 0.15) is 16.1 Å². The van der Waals surface area contributed by atoms with Gasteiger partial charge >= 0.3 is 0 Å². The van der Waals surface area contributed by atoms with Crippen molar-refractivity contribution in [2.24, 2.45) is 0 Å². The Hall–Kier alpha value is -3.12. The van der Waals surface area contributed by atoms with Crippen LogP contribution in [0.25, 0.3) is 11.8 Å². The van der Waals surface area contributed by atoms with E-state index in [0.29, 0.717) is 29.7 Å². The molecule has 0 bridgehead atoms. The number of benzene rings is 2. The molecule has 0 atom stereocenters. The third-order valence-electron chi connectivity index (χ3n) is 3.81. The first kappa shape index (κ1) is 16.4. The lowest BCUT2D eigenvalue weighted by molar-refractivity contribution is 0.104. The van der Waals surface area contributed by atoms with Gasteiger partial charge in [-0.3, -0.25) is 4.79 Å². The summed E-state index contributed by atoms with van der Waals surface area (Å²) in [6.45, 7) is 0.940. The number of aromatic nitrogens is 3. The highest BCUT2D eigenvalue weighted by atomic mass is 35.5. The number of fused-ring (bicyclic) bond motifs is 1. The van der Waals surface area contributed by atoms with Gasteiger partial charge in [-0.05, 0) is 35.9 Å². The predicted octanol–water partition coefficient (Wildman–Crippen LogP) is 3.59. The monoisotopic (exact) mass is 367 g/mol. The molecule has 0 spiro atoms. The van der Waals surface area contributed by atoms with Gasteiger partial charge in [0.25, 0.3) is 0 Å². The summed E-state index contributed by atoms with van der Waals surface area (Å²) in [4.78, 5) is 12.3. The van der Waals surface area contributed by atoms with E-state index in [1.54, 1.807) is 29.1 Å². The summed E-state index contributed by atoms with van der Waals surface area (Å²) in [5.41, 5.74) is 1.83. The summed E-state index contributed by atoms with van der Waals surface area (Å²) < 4.78 is 12.6. The Labute approximate surface area is 154 Å². The van der Waals surface area contributed by atoms with Gasteiger partial charge in [0.05, 0.1) is 16.9 Å². The van der Waals surface area contributed by atoms with Crippen LogP contribution in [0.3, 0.4) is 0 Å². The zero-order valence-corrected chi connectivity index (χ0v) is 14.4. The molecule has 130 valence electrons.